The van der Waals surface area contributed by atoms with Gasteiger partial charge >= 0.3 is 0 Å². The van der Waals surface area contributed by atoms with Gasteiger partial charge in [-0.2, -0.15) is 0 Å². The molecule has 0 radical (unpaired) electrons. The summed E-state index contributed by atoms with van der Waals surface area (Å²) >= 11 is 3.54. The average Bonchev–Trinajstić information content (AvgIpc) is 2.38. The van der Waals surface area contributed by atoms with Gasteiger partial charge in [-0.3, -0.25) is 0 Å². The minimum Gasteiger partial charge on any atom is -0.310 e. The predicted molar refractivity (Wildman–Crippen MR) is 81.7 cm³/mol. The van der Waals surface area contributed by atoms with E-state index in [0.29, 0.717) is 6.04 Å². The van der Waals surface area contributed by atoms with Crippen molar-refractivity contribution >= 4 is 15.9 Å². The van der Waals surface area contributed by atoms with E-state index in [1.165, 1.54) is 42.3 Å². The number of rotatable bonds is 4. The van der Waals surface area contributed by atoms with Crippen LogP contribution in [0.3, 0.4) is 0 Å². The fraction of sp³-hybridized carbons (Fsp3) is 0.625. The molecule has 100 valence electrons. The number of nitrogens with one attached hydrogen (secondary N) is 1. The molecule has 1 N–H and O–H groups in total. The van der Waals surface area contributed by atoms with Crippen molar-refractivity contribution in [2.75, 3.05) is 6.54 Å². The van der Waals surface area contributed by atoms with Gasteiger partial charge in [0.05, 0.1) is 0 Å². The maximum Gasteiger partial charge on any atom is 0.0292 e. The standard InChI is InChI=1S/C16H24BrN/c1-12-6-8-14(9-7-12)11-18-13(2)15-4-3-5-16(17)10-15/h3-5,10,12-14,18H,6-9,11H2,1-2H3. The van der Waals surface area contributed by atoms with Crippen LogP contribution in [0.15, 0.2) is 28.7 Å². The van der Waals surface area contributed by atoms with E-state index in [4.69, 9.17) is 0 Å². The Kier molecular flexibility index (Phi) is 5.25. The van der Waals surface area contributed by atoms with E-state index in [1.54, 1.807) is 0 Å². The monoisotopic (exact) mass is 309 g/mol. The number of benzene rings is 1. The fourth-order valence-corrected chi connectivity index (χ4v) is 3.19. The first-order valence-electron chi connectivity index (χ1n) is 7.14. The molecule has 18 heavy (non-hydrogen) atoms. The minimum absolute atomic E-state index is 0.446. The van der Waals surface area contributed by atoms with E-state index in [2.05, 4.69) is 59.4 Å². The third kappa shape index (κ3) is 4.10. The lowest BCUT2D eigenvalue weighted by Crippen LogP contribution is -2.28. The highest BCUT2D eigenvalue weighted by atomic mass is 79.9. The van der Waals surface area contributed by atoms with E-state index < -0.39 is 0 Å². The molecule has 2 rings (SSSR count). The zero-order chi connectivity index (χ0) is 13.0. The van der Waals surface area contributed by atoms with E-state index in [9.17, 15) is 0 Å². The molecule has 1 atom stereocenters. The summed E-state index contributed by atoms with van der Waals surface area (Å²) in [5, 5.41) is 3.69. The van der Waals surface area contributed by atoms with E-state index in [0.717, 1.165) is 11.8 Å². The minimum atomic E-state index is 0.446. The lowest BCUT2D eigenvalue weighted by molar-refractivity contribution is 0.276. The van der Waals surface area contributed by atoms with Crippen molar-refractivity contribution in [3.05, 3.63) is 34.3 Å². The molecule has 0 aliphatic heterocycles. The summed E-state index contributed by atoms with van der Waals surface area (Å²) in [4.78, 5) is 0. The van der Waals surface area contributed by atoms with Gasteiger partial charge in [0.15, 0.2) is 0 Å². The molecule has 2 heteroatoms. The number of hydrogen-bond acceptors (Lipinski definition) is 1. The SMILES string of the molecule is CC1CCC(CNC(C)c2cccc(Br)c2)CC1. The molecule has 1 aromatic carbocycles. The van der Waals surface area contributed by atoms with Crippen molar-refractivity contribution < 1.29 is 0 Å². The quantitative estimate of drug-likeness (QED) is 0.832. The first-order chi connectivity index (χ1) is 8.65. The maximum atomic E-state index is 3.69. The molecule has 1 aliphatic carbocycles. The summed E-state index contributed by atoms with van der Waals surface area (Å²) in [7, 11) is 0. The van der Waals surface area contributed by atoms with E-state index in [-0.39, 0.29) is 0 Å². The lowest BCUT2D eigenvalue weighted by Gasteiger charge is -2.27. The van der Waals surface area contributed by atoms with Crippen LogP contribution >= 0.6 is 15.9 Å². The van der Waals surface area contributed by atoms with Gasteiger partial charge < -0.3 is 5.32 Å². The van der Waals surface area contributed by atoms with Crippen molar-refractivity contribution in [3.63, 3.8) is 0 Å². The van der Waals surface area contributed by atoms with Crippen molar-refractivity contribution in [3.8, 4) is 0 Å². The molecule has 1 unspecified atom stereocenters. The van der Waals surface area contributed by atoms with Gasteiger partial charge in [-0.05, 0) is 55.8 Å². The van der Waals surface area contributed by atoms with Crippen LogP contribution in [0.25, 0.3) is 0 Å². The van der Waals surface area contributed by atoms with Crippen molar-refractivity contribution in [1.29, 1.82) is 0 Å². The molecule has 0 aromatic heterocycles. The Bertz CT molecular complexity index is 369. The van der Waals surface area contributed by atoms with Gasteiger partial charge in [-0.25, -0.2) is 0 Å². The molecule has 1 nitrogen and oxygen atoms in total. The molecule has 1 aliphatic rings. The summed E-state index contributed by atoms with van der Waals surface area (Å²) in [6.45, 7) is 5.81. The highest BCUT2D eigenvalue weighted by Crippen LogP contribution is 2.28. The fourth-order valence-electron chi connectivity index (χ4n) is 2.77. The van der Waals surface area contributed by atoms with Crippen LogP contribution in [0.4, 0.5) is 0 Å². The highest BCUT2D eigenvalue weighted by Gasteiger charge is 2.18. The van der Waals surface area contributed by atoms with E-state index >= 15 is 0 Å². The second kappa shape index (κ2) is 6.72. The number of halogens is 1. The normalized spacial score (nSPS) is 25.9. The Labute approximate surface area is 119 Å². The third-order valence-corrected chi connectivity index (χ3v) is 4.69. The summed E-state index contributed by atoms with van der Waals surface area (Å²) in [5.41, 5.74) is 1.37. The third-order valence-electron chi connectivity index (χ3n) is 4.20. The first-order valence-corrected chi connectivity index (χ1v) is 7.93. The zero-order valence-corrected chi connectivity index (χ0v) is 13.0. The Morgan fingerprint density at radius 2 is 2.00 bits per heavy atom. The van der Waals surface area contributed by atoms with Crippen molar-refractivity contribution in [2.45, 2.75) is 45.6 Å². The van der Waals surface area contributed by atoms with Gasteiger partial charge in [-0.15, -0.1) is 0 Å². The molecular formula is C16H24BrN. The second-order valence-electron chi connectivity index (χ2n) is 5.81. The smallest absolute Gasteiger partial charge is 0.0292 e. The van der Waals surface area contributed by atoms with Crippen LogP contribution in [0, 0.1) is 11.8 Å². The van der Waals surface area contributed by atoms with Gasteiger partial charge in [0.25, 0.3) is 0 Å². The molecule has 0 saturated heterocycles. The average molecular weight is 310 g/mol. The van der Waals surface area contributed by atoms with Crippen LogP contribution in [-0.2, 0) is 0 Å². The van der Waals surface area contributed by atoms with Crippen LogP contribution in [0.1, 0.15) is 51.1 Å². The van der Waals surface area contributed by atoms with Gasteiger partial charge in [0, 0.05) is 10.5 Å². The Balaban J connectivity index is 1.79. The second-order valence-corrected chi connectivity index (χ2v) is 6.73. The van der Waals surface area contributed by atoms with Crippen molar-refractivity contribution in [1.82, 2.24) is 5.32 Å². The molecule has 1 saturated carbocycles. The van der Waals surface area contributed by atoms with Gasteiger partial charge in [0.2, 0.25) is 0 Å². The summed E-state index contributed by atoms with van der Waals surface area (Å²) in [5.74, 6) is 1.83. The predicted octanol–water partition coefficient (Wildman–Crippen LogP) is 4.93. The first kappa shape index (κ1) is 14.1. The largest absolute Gasteiger partial charge is 0.310 e. The summed E-state index contributed by atoms with van der Waals surface area (Å²) in [6, 6.07) is 9.05. The van der Waals surface area contributed by atoms with E-state index in [1.807, 2.05) is 0 Å². The molecule has 1 aromatic rings. The molecule has 0 bridgehead atoms. The molecule has 0 spiro atoms. The zero-order valence-electron chi connectivity index (χ0n) is 11.5. The van der Waals surface area contributed by atoms with Gasteiger partial charge in [-0.1, -0.05) is 47.8 Å². The molecule has 1 fully saturated rings. The maximum absolute atomic E-state index is 3.69. The topological polar surface area (TPSA) is 12.0 Å². The Hall–Kier alpha value is -0.340. The van der Waals surface area contributed by atoms with Gasteiger partial charge in [0.1, 0.15) is 0 Å². The Morgan fingerprint density at radius 3 is 2.67 bits per heavy atom. The molecule has 0 heterocycles. The number of hydrogen-bond donors (Lipinski definition) is 1. The molecule has 0 amide bonds. The van der Waals surface area contributed by atoms with Crippen LogP contribution in [0.5, 0.6) is 0 Å². The Morgan fingerprint density at radius 1 is 1.28 bits per heavy atom. The van der Waals surface area contributed by atoms with Crippen molar-refractivity contribution in [2.24, 2.45) is 11.8 Å². The molecular weight excluding hydrogens is 286 g/mol. The van der Waals surface area contributed by atoms with Crippen LogP contribution in [-0.4, -0.2) is 6.54 Å². The summed E-state index contributed by atoms with van der Waals surface area (Å²) < 4.78 is 1.17. The highest BCUT2D eigenvalue weighted by molar-refractivity contribution is 9.10. The lowest BCUT2D eigenvalue weighted by atomic mass is 9.83. The van der Waals surface area contributed by atoms with Crippen LogP contribution in [0.2, 0.25) is 0 Å². The van der Waals surface area contributed by atoms with Crippen LogP contribution < -0.4 is 5.32 Å². The summed E-state index contributed by atoms with van der Waals surface area (Å²) in [6.07, 6.45) is 5.63.